The van der Waals surface area contributed by atoms with Crippen molar-refractivity contribution in [3.05, 3.63) is 41.7 Å². The van der Waals surface area contributed by atoms with Crippen molar-refractivity contribution in [2.45, 2.75) is 6.42 Å². The van der Waals surface area contributed by atoms with Gasteiger partial charge < -0.3 is 10.2 Å². The summed E-state index contributed by atoms with van der Waals surface area (Å²) in [6.07, 6.45) is 1.71. The Bertz CT molecular complexity index is 562. The first-order valence-corrected chi connectivity index (χ1v) is 6.54. The maximum absolute atomic E-state index is 13.1. The lowest BCUT2D eigenvalue weighted by Gasteiger charge is -2.17. The molecule has 1 aliphatic heterocycles. The van der Waals surface area contributed by atoms with Gasteiger partial charge in [-0.2, -0.15) is 0 Å². The highest BCUT2D eigenvalue weighted by atomic mass is 35.5. The van der Waals surface area contributed by atoms with E-state index in [-0.39, 0.29) is 29.8 Å². The second kappa shape index (κ2) is 6.05. The van der Waals surface area contributed by atoms with Crippen LogP contribution in [-0.2, 0) is 9.59 Å². The van der Waals surface area contributed by atoms with Crippen molar-refractivity contribution < 1.29 is 14.0 Å². The molecular formula is C14H14ClFN2O2. The number of carbonyl (C=O) groups is 2. The van der Waals surface area contributed by atoms with Crippen molar-refractivity contribution in [3.63, 3.8) is 0 Å². The number of hydrogen-bond donors (Lipinski definition) is 1. The molecule has 1 N–H and O–H groups in total. The normalized spacial score (nSPS) is 18.2. The van der Waals surface area contributed by atoms with Gasteiger partial charge in [0.2, 0.25) is 11.8 Å². The summed E-state index contributed by atoms with van der Waals surface area (Å²) >= 11 is 5.70. The molecule has 6 heteroatoms. The summed E-state index contributed by atoms with van der Waals surface area (Å²) < 4.78 is 13.1. The lowest BCUT2D eigenvalue weighted by atomic mass is 10.1. The zero-order valence-corrected chi connectivity index (χ0v) is 11.5. The molecule has 1 heterocycles. The summed E-state index contributed by atoms with van der Waals surface area (Å²) in [6, 6.07) is 4.07. The smallest absolute Gasteiger partial charge is 0.227 e. The predicted octanol–water partition coefficient (Wildman–Crippen LogP) is 2.13. The highest BCUT2D eigenvalue weighted by molar-refractivity contribution is 6.31. The van der Waals surface area contributed by atoms with Crippen molar-refractivity contribution in [1.29, 1.82) is 0 Å². The number of nitrogens with one attached hydrogen (secondary N) is 1. The van der Waals surface area contributed by atoms with Gasteiger partial charge in [-0.3, -0.25) is 9.59 Å². The zero-order chi connectivity index (χ0) is 14.7. The van der Waals surface area contributed by atoms with Crippen LogP contribution in [0.15, 0.2) is 30.9 Å². The van der Waals surface area contributed by atoms with Gasteiger partial charge in [-0.05, 0) is 18.2 Å². The van der Waals surface area contributed by atoms with E-state index in [4.69, 9.17) is 11.6 Å². The van der Waals surface area contributed by atoms with Crippen LogP contribution < -0.4 is 10.2 Å². The van der Waals surface area contributed by atoms with Gasteiger partial charge in [0.05, 0.1) is 10.9 Å². The Morgan fingerprint density at radius 1 is 1.60 bits per heavy atom. The Balaban J connectivity index is 2.10. The quantitative estimate of drug-likeness (QED) is 0.866. The third kappa shape index (κ3) is 2.99. The second-order valence-electron chi connectivity index (χ2n) is 4.54. The summed E-state index contributed by atoms with van der Waals surface area (Å²) in [6.45, 7) is 4.15. The molecule has 1 saturated heterocycles. The van der Waals surface area contributed by atoms with E-state index >= 15 is 0 Å². The number of hydrogen-bond acceptors (Lipinski definition) is 2. The van der Waals surface area contributed by atoms with Crippen molar-refractivity contribution in [2.75, 3.05) is 18.0 Å². The minimum atomic E-state index is -0.540. The lowest BCUT2D eigenvalue weighted by Crippen LogP contribution is -2.33. The Morgan fingerprint density at radius 3 is 3.00 bits per heavy atom. The molecule has 0 bridgehead atoms. The summed E-state index contributed by atoms with van der Waals surface area (Å²) in [5.74, 6) is -1.31. The minimum Gasteiger partial charge on any atom is -0.352 e. The molecule has 0 unspecified atom stereocenters. The van der Waals surface area contributed by atoms with Gasteiger partial charge in [-0.15, -0.1) is 6.58 Å². The fourth-order valence-corrected chi connectivity index (χ4v) is 2.28. The monoisotopic (exact) mass is 296 g/mol. The van der Waals surface area contributed by atoms with E-state index in [0.717, 1.165) is 0 Å². The van der Waals surface area contributed by atoms with Gasteiger partial charge in [-0.25, -0.2) is 4.39 Å². The van der Waals surface area contributed by atoms with Gasteiger partial charge in [0.25, 0.3) is 0 Å². The molecule has 1 aliphatic rings. The number of anilines is 1. The van der Waals surface area contributed by atoms with Crippen LogP contribution in [0.1, 0.15) is 6.42 Å². The van der Waals surface area contributed by atoms with Crippen LogP contribution in [0.25, 0.3) is 0 Å². The average molecular weight is 297 g/mol. The predicted molar refractivity (Wildman–Crippen MR) is 75.1 cm³/mol. The van der Waals surface area contributed by atoms with Crippen LogP contribution in [-0.4, -0.2) is 24.9 Å². The molecule has 4 nitrogen and oxygen atoms in total. The van der Waals surface area contributed by atoms with E-state index in [0.29, 0.717) is 12.2 Å². The third-order valence-corrected chi connectivity index (χ3v) is 3.42. The van der Waals surface area contributed by atoms with Crippen molar-refractivity contribution in [3.8, 4) is 0 Å². The molecule has 1 atom stereocenters. The molecule has 0 aliphatic carbocycles. The molecule has 0 saturated carbocycles. The van der Waals surface area contributed by atoms with Gasteiger partial charge in [-0.1, -0.05) is 17.7 Å². The standard InChI is InChI=1S/C14H14ClFN2O2/c1-2-5-17-14(20)9-6-13(19)18(8-9)10-3-4-12(16)11(15)7-10/h2-4,7,9H,1,5-6,8H2,(H,17,20)/t9-/m1/s1. The number of benzene rings is 1. The number of carbonyl (C=O) groups excluding carboxylic acids is 2. The van der Waals surface area contributed by atoms with Crippen LogP contribution in [0.5, 0.6) is 0 Å². The Hall–Kier alpha value is -1.88. The van der Waals surface area contributed by atoms with Crippen LogP contribution >= 0.6 is 11.6 Å². The van der Waals surface area contributed by atoms with Gasteiger partial charge in [0.15, 0.2) is 0 Å². The van der Waals surface area contributed by atoms with Crippen molar-refractivity contribution >= 4 is 29.1 Å². The number of rotatable bonds is 4. The molecule has 20 heavy (non-hydrogen) atoms. The molecule has 106 valence electrons. The van der Waals surface area contributed by atoms with Gasteiger partial charge in [0, 0.05) is 25.2 Å². The van der Waals surface area contributed by atoms with E-state index in [9.17, 15) is 14.0 Å². The summed E-state index contributed by atoms with van der Waals surface area (Å²) in [7, 11) is 0. The van der Waals surface area contributed by atoms with Crippen LogP contribution in [0.3, 0.4) is 0 Å². The maximum atomic E-state index is 13.1. The zero-order valence-electron chi connectivity index (χ0n) is 10.7. The molecule has 2 rings (SSSR count). The third-order valence-electron chi connectivity index (χ3n) is 3.13. The molecule has 1 fully saturated rings. The van der Waals surface area contributed by atoms with Gasteiger partial charge in [0.1, 0.15) is 5.82 Å². The number of halogens is 2. The molecule has 0 spiro atoms. The first kappa shape index (κ1) is 14.5. The second-order valence-corrected chi connectivity index (χ2v) is 4.94. The van der Waals surface area contributed by atoms with Crippen LogP contribution in [0.2, 0.25) is 5.02 Å². The lowest BCUT2D eigenvalue weighted by molar-refractivity contribution is -0.126. The van der Waals surface area contributed by atoms with Crippen molar-refractivity contribution in [1.82, 2.24) is 5.32 Å². The molecule has 0 aromatic heterocycles. The van der Waals surface area contributed by atoms with Crippen molar-refractivity contribution in [2.24, 2.45) is 5.92 Å². The van der Waals surface area contributed by atoms with E-state index < -0.39 is 11.7 Å². The fraction of sp³-hybridized carbons (Fsp3) is 0.286. The Labute approximate surface area is 121 Å². The van der Waals surface area contributed by atoms with E-state index in [1.165, 1.54) is 23.1 Å². The molecule has 1 aromatic carbocycles. The highest BCUT2D eigenvalue weighted by Gasteiger charge is 2.35. The van der Waals surface area contributed by atoms with E-state index in [2.05, 4.69) is 11.9 Å². The Kier molecular flexibility index (Phi) is 4.39. The molecule has 0 radical (unpaired) electrons. The van der Waals surface area contributed by atoms with E-state index in [1.54, 1.807) is 6.08 Å². The summed E-state index contributed by atoms with van der Waals surface area (Å²) in [5.41, 5.74) is 0.500. The molecule has 2 amide bonds. The summed E-state index contributed by atoms with van der Waals surface area (Å²) in [4.78, 5) is 25.2. The number of amides is 2. The SMILES string of the molecule is C=CCNC(=O)[C@@H]1CC(=O)N(c2ccc(F)c(Cl)c2)C1. The summed E-state index contributed by atoms with van der Waals surface area (Å²) in [5, 5.41) is 2.62. The fourth-order valence-electron chi connectivity index (χ4n) is 2.10. The average Bonchev–Trinajstić information content (AvgIpc) is 2.81. The largest absolute Gasteiger partial charge is 0.352 e. The first-order chi connectivity index (χ1) is 9.52. The molecule has 1 aromatic rings. The van der Waals surface area contributed by atoms with Gasteiger partial charge >= 0.3 is 0 Å². The topological polar surface area (TPSA) is 49.4 Å². The van der Waals surface area contributed by atoms with Crippen LogP contribution in [0.4, 0.5) is 10.1 Å². The Morgan fingerprint density at radius 2 is 2.35 bits per heavy atom. The van der Waals surface area contributed by atoms with Crippen LogP contribution in [0, 0.1) is 11.7 Å². The maximum Gasteiger partial charge on any atom is 0.227 e. The first-order valence-electron chi connectivity index (χ1n) is 6.17. The van der Waals surface area contributed by atoms with E-state index in [1.807, 2.05) is 0 Å². The minimum absolute atomic E-state index is 0.0464. The highest BCUT2D eigenvalue weighted by Crippen LogP contribution is 2.28. The molecular weight excluding hydrogens is 283 g/mol. The number of nitrogens with zero attached hydrogens (tertiary/aromatic N) is 1.